The largest absolute Gasteiger partial charge is 0.386 e. The summed E-state index contributed by atoms with van der Waals surface area (Å²) in [6.45, 7) is 8.05. The maximum atomic E-state index is 10.9. The van der Waals surface area contributed by atoms with Crippen LogP contribution >= 0.6 is 0 Å². The predicted molar refractivity (Wildman–Crippen MR) is 50.7 cm³/mol. The minimum atomic E-state index is -0.846. The van der Waals surface area contributed by atoms with E-state index in [-0.39, 0.29) is 5.54 Å². The summed E-state index contributed by atoms with van der Waals surface area (Å²) in [7, 11) is -0.846. The molecule has 1 N–H and O–H groups in total. The molecule has 0 aromatic rings. The maximum Gasteiger partial charge on any atom is 0.0468 e. The molecule has 0 aromatic carbocycles. The SMILES string of the molecule is C/C(=C\NC(C)(C)C)S(C)=O. The number of nitrogens with one attached hydrogen (secondary N) is 1. The number of hydrogen-bond acceptors (Lipinski definition) is 2. The second kappa shape index (κ2) is 3.90. The second-order valence-corrected chi connectivity index (χ2v) is 5.16. The highest BCUT2D eigenvalue weighted by molar-refractivity contribution is 7.88. The van der Waals surface area contributed by atoms with Crippen LogP contribution in [0.25, 0.3) is 0 Å². The fourth-order valence-corrected chi connectivity index (χ4v) is 0.626. The van der Waals surface area contributed by atoms with Gasteiger partial charge in [0.15, 0.2) is 0 Å². The van der Waals surface area contributed by atoms with Crippen molar-refractivity contribution in [1.82, 2.24) is 5.32 Å². The zero-order valence-corrected chi connectivity index (χ0v) is 8.71. The molecule has 1 unspecified atom stereocenters. The zero-order chi connectivity index (χ0) is 9.07. The lowest BCUT2D eigenvalue weighted by atomic mass is 10.1. The van der Waals surface area contributed by atoms with Gasteiger partial charge in [0.1, 0.15) is 0 Å². The topological polar surface area (TPSA) is 29.1 Å². The summed E-state index contributed by atoms with van der Waals surface area (Å²) in [6.07, 6.45) is 3.49. The van der Waals surface area contributed by atoms with Gasteiger partial charge in [-0.2, -0.15) is 0 Å². The highest BCUT2D eigenvalue weighted by atomic mass is 32.2. The highest BCUT2D eigenvalue weighted by Gasteiger charge is 2.05. The first-order valence-corrected chi connectivity index (χ1v) is 5.16. The van der Waals surface area contributed by atoms with E-state index in [0.717, 1.165) is 4.91 Å². The predicted octanol–water partition coefficient (Wildman–Crippen LogP) is 1.61. The Morgan fingerprint density at radius 3 is 2.18 bits per heavy atom. The fraction of sp³-hybridized carbons (Fsp3) is 0.750. The van der Waals surface area contributed by atoms with Gasteiger partial charge in [0.25, 0.3) is 0 Å². The van der Waals surface area contributed by atoms with E-state index in [2.05, 4.69) is 26.1 Å². The van der Waals surface area contributed by atoms with Crippen molar-refractivity contribution in [3.63, 3.8) is 0 Å². The van der Waals surface area contributed by atoms with Crippen molar-refractivity contribution in [2.24, 2.45) is 0 Å². The third-order valence-electron chi connectivity index (χ3n) is 1.16. The van der Waals surface area contributed by atoms with Gasteiger partial charge >= 0.3 is 0 Å². The molecular weight excluding hydrogens is 158 g/mol. The van der Waals surface area contributed by atoms with Crippen LogP contribution in [0.5, 0.6) is 0 Å². The maximum absolute atomic E-state index is 10.9. The summed E-state index contributed by atoms with van der Waals surface area (Å²) >= 11 is 0. The molecule has 66 valence electrons. The lowest BCUT2D eigenvalue weighted by Crippen LogP contribution is -2.31. The van der Waals surface area contributed by atoms with Crippen LogP contribution in [0.4, 0.5) is 0 Å². The molecule has 0 bridgehead atoms. The van der Waals surface area contributed by atoms with Gasteiger partial charge in [-0.25, -0.2) is 0 Å². The normalized spacial score (nSPS) is 16.3. The van der Waals surface area contributed by atoms with Crippen LogP contribution in [-0.4, -0.2) is 16.0 Å². The third kappa shape index (κ3) is 6.10. The molecule has 0 aliphatic carbocycles. The molecule has 0 spiro atoms. The van der Waals surface area contributed by atoms with Crippen molar-refractivity contribution in [3.8, 4) is 0 Å². The van der Waals surface area contributed by atoms with Gasteiger partial charge in [-0.1, -0.05) is 0 Å². The summed E-state index contributed by atoms with van der Waals surface area (Å²) in [6, 6.07) is 0. The first kappa shape index (κ1) is 10.7. The number of allylic oxidation sites excluding steroid dienone is 1. The van der Waals surface area contributed by atoms with Gasteiger partial charge < -0.3 is 5.32 Å². The van der Waals surface area contributed by atoms with E-state index in [0.29, 0.717) is 0 Å². The van der Waals surface area contributed by atoms with Crippen LogP contribution in [0.15, 0.2) is 11.1 Å². The Morgan fingerprint density at radius 2 is 1.91 bits per heavy atom. The van der Waals surface area contributed by atoms with Gasteiger partial charge in [0.05, 0.1) is 0 Å². The van der Waals surface area contributed by atoms with Crippen LogP contribution in [-0.2, 0) is 10.8 Å². The first-order valence-electron chi connectivity index (χ1n) is 3.61. The van der Waals surface area contributed by atoms with Crippen molar-refractivity contribution in [3.05, 3.63) is 11.1 Å². The molecule has 2 nitrogen and oxygen atoms in total. The smallest absolute Gasteiger partial charge is 0.0468 e. The van der Waals surface area contributed by atoms with Gasteiger partial charge in [0, 0.05) is 33.7 Å². The minimum Gasteiger partial charge on any atom is -0.386 e. The van der Waals surface area contributed by atoms with Crippen molar-refractivity contribution < 1.29 is 4.21 Å². The van der Waals surface area contributed by atoms with Crippen LogP contribution < -0.4 is 5.32 Å². The van der Waals surface area contributed by atoms with Crippen LogP contribution in [0, 0.1) is 0 Å². The van der Waals surface area contributed by atoms with Crippen molar-refractivity contribution in [1.29, 1.82) is 0 Å². The molecule has 0 aliphatic heterocycles. The van der Waals surface area contributed by atoms with E-state index < -0.39 is 10.8 Å². The lowest BCUT2D eigenvalue weighted by molar-refractivity contribution is 0.490. The Kier molecular flexibility index (Phi) is 3.79. The Hall–Kier alpha value is -0.310. The Balaban J connectivity index is 4.04. The lowest BCUT2D eigenvalue weighted by Gasteiger charge is -2.19. The standard InChI is InChI=1S/C8H17NOS/c1-7(11(5)10)6-9-8(2,3)4/h6,9H,1-5H3/b7-6+. The van der Waals surface area contributed by atoms with Crippen molar-refractivity contribution in [2.75, 3.05) is 6.26 Å². The quantitative estimate of drug-likeness (QED) is 0.691. The van der Waals surface area contributed by atoms with E-state index >= 15 is 0 Å². The zero-order valence-electron chi connectivity index (χ0n) is 7.89. The molecule has 0 amide bonds. The monoisotopic (exact) mass is 175 g/mol. The van der Waals surface area contributed by atoms with Crippen LogP contribution in [0.2, 0.25) is 0 Å². The fourth-order valence-electron chi connectivity index (χ4n) is 0.401. The molecule has 0 fully saturated rings. The van der Waals surface area contributed by atoms with Crippen molar-refractivity contribution in [2.45, 2.75) is 33.2 Å². The van der Waals surface area contributed by atoms with Gasteiger partial charge in [-0.05, 0) is 27.7 Å². The highest BCUT2D eigenvalue weighted by Crippen LogP contribution is 2.01. The molecule has 0 saturated heterocycles. The summed E-state index contributed by atoms with van der Waals surface area (Å²) in [4.78, 5) is 0.875. The molecule has 0 rings (SSSR count). The van der Waals surface area contributed by atoms with E-state index in [1.165, 1.54) is 0 Å². The van der Waals surface area contributed by atoms with Crippen LogP contribution in [0.1, 0.15) is 27.7 Å². The van der Waals surface area contributed by atoms with E-state index in [4.69, 9.17) is 0 Å². The van der Waals surface area contributed by atoms with Crippen molar-refractivity contribution >= 4 is 10.8 Å². The Bertz CT molecular complexity index is 179. The Morgan fingerprint density at radius 1 is 1.45 bits per heavy atom. The summed E-state index contributed by atoms with van der Waals surface area (Å²) in [5.74, 6) is 0. The molecule has 0 heterocycles. The average molecular weight is 175 g/mol. The second-order valence-electron chi connectivity index (χ2n) is 3.60. The molecule has 0 aliphatic rings. The van der Waals surface area contributed by atoms with Gasteiger partial charge in [-0.3, -0.25) is 4.21 Å². The number of rotatable bonds is 2. The average Bonchev–Trinajstić information content (AvgIpc) is 1.80. The third-order valence-corrected chi connectivity index (χ3v) is 2.19. The molecule has 0 radical (unpaired) electrons. The molecule has 0 aromatic heterocycles. The van der Waals surface area contributed by atoms with Gasteiger partial charge in [0.2, 0.25) is 0 Å². The summed E-state index contributed by atoms with van der Waals surface area (Å²) in [5, 5.41) is 3.15. The van der Waals surface area contributed by atoms with Crippen LogP contribution in [0.3, 0.4) is 0 Å². The van der Waals surface area contributed by atoms with Gasteiger partial charge in [-0.15, -0.1) is 0 Å². The minimum absolute atomic E-state index is 0.0562. The molecular formula is C8H17NOS. The summed E-state index contributed by atoms with van der Waals surface area (Å²) < 4.78 is 10.9. The first-order chi connectivity index (χ1) is 4.83. The molecule has 1 atom stereocenters. The number of hydrogen-bond donors (Lipinski definition) is 1. The molecule has 11 heavy (non-hydrogen) atoms. The molecule has 3 heteroatoms. The summed E-state index contributed by atoms with van der Waals surface area (Å²) in [5.41, 5.74) is 0.0562. The van der Waals surface area contributed by atoms with E-state index in [1.54, 1.807) is 6.26 Å². The van der Waals surface area contributed by atoms with E-state index in [9.17, 15) is 4.21 Å². The molecule has 0 saturated carbocycles. The van der Waals surface area contributed by atoms with E-state index in [1.807, 2.05) is 13.1 Å². The Labute approximate surface area is 71.5 Å².